The molecule has 0 atom stereocenters. The molecule has 0 heterocycles. The average Bonchev–Trinajstić information content (AvgIpc) is 2.30. The normalized spacial score (nSPS) is 9.19. The number of benzene rings is 1. The van der Waals surface area contributed by atoms with Gasteiger partial charge in [0.15, 0.2) is 0 Å². The number of aliphatic hydroxyl groups is 1. The van der Waals surface area contributed by atoms with Gasteiger partial charge in [-0.05, 0) is 24.1 Å². The SMILES string of the molecule is COC(=O)CC#Cc1ccc(CO)cc1C. The summed E-state index contributed by atoms with van der Waals surface area (Å²) in [6.45, 7) is 1.94. The summed E-state index contributed by atoms with van der Waals surface area (Å²) >= 11 is 0. The first-order valence-corrected chi connectivity index (χ1v) is 4.93. The van der Waals surface area contributed by atoms with E-state index in [9.17, 15) is 4.79 Å². The summed E-state index contributed by atoms with van der Waals surface area (Å²) < 4.78 is 4.48. The molecule has 0 aliphatic rings. The summed E-state index contributed by atoms with van der Waals surface area (Å²) in [6.07, 6.45) is 0.0949. The van der Waals surface area contributed by atoms with Crippen molar-refractivity contribution in [2.45, 2.75) is 20.0 Å². The van der Waals surface area contributed by atoms with E-state index in [4.69, 9.17) is 5.11 Å². The smallest absolute Gasteiger partial charge is 0.317 e. The van der Waals surface area contributed by atoms with Crippen LogP contribution in [0.5, 0.6) is 0 Å². The van der Waals surface area contributed by atoms with E-state index in [-0.39, 0.29) is 19.0 Å². The van der Waals surface area contributed by atoms with Gasteiger partial charge in [0.05, 0.1) is 13.7 Å². The molecule has 0 amide bonds. The van der Waals surface area contributed by atoms with Gasteiger partial charge < -0.3 is 9.84 Å². The van der Waals surface area contributed by atoms with Crippen LogP contribution in [0.4, 0.5) is 0 Å². The molecule has 0 saturated carbocycles. The second-order valence-electron chi connectivity index (χ2n) is 3.36. The van der Waals surface area contributed by atoms with Gasteiger partial charge in [-0.15, -0.1) is 0 Å². The van der Waals surface area contributed by atoms with Gasteiger partial charge in [-0.3, -0.25) is 4.79 Å². The molecule has 1 aromatic carbocycles. The molecule has 0 aliphatic heterocycles. The molecule has 0 unspecified atom stereocenters. The number of hydrogen-bond acceptors (Lipinski definition) is 3. The fourth-order valence-corrected chi connectivity index (χ4v) is 1.25. The molecule has 0 aromatic heterocycles. The molecule has 0 fully saturated rings. The molecule has 3 heteroatoms. The van der Waals surface area contributed by atoms with Crippen molar-refractivity contribution in [2.75, 3.05) is 7.11 Å². The predicted molar refractivity (Wildman–Crippen MR) is 60.6 cm³/mol. The minimum Gasteiger partial charge on any atom is -0.468 e. The van der Waals surface area contributed by atoms with Crippen LogP contribution in [0.3, 0.4) is 0 Å². The lowest BCUT2D eigenvalue weighted by Gasteiger charge is -2.00. The maximum Gasteiger partial charge on any atom is 0.317 e. The van der Waals surface area contributed by atoms with Crippen LogP contribution in [-0.2, 0) is 16.1 Å². The highest BCUT2D eigenvalue weighted by molar-refractivity contribution is 5.72. The quantitative estimate of drug-likeness (QED) is 0.603. The third-order valence-electron chi connectivity index (χ3n) is 2.16. The number of esters is 1. The number of hydrogen-bond donors (Lipinski definition) is 1. The van der Waals surface area contributed by atoms with Crippen LogP contribution < -0.4 is 0 Å². The lowest BCUT2D eigenvalue weighted by Crippen LogP contribution is -1.97. The lowest BCUT2D eigenvalue weighted by molar-refractivity contribution is -0.139. The Labute approximate surface area is 95.1 Å². The van der Waals surface area contributed by atoms with Gasteiger partial charge in [-0.2, -0.15) is 0 Å². The highest BCUT2D eigenvalue weighted by Crippen LogP contribution is 2.09. The van der Waals surface area contributed by atoms with E-state index in [1.165, 1.54) is 7.11 Å². The van der Waals surface area contributed by atoms with Crippen LogP contribution in [0.25, 0.3) is 0 Å². The summed E-state index contributed by atoms with van der Waals surface area (Å²) in [6, 6.07) is 5.53. The molecule has 84 valence electrons. The van der Waals surface area contributed by atoms with Crippen molar-refractivity contribution >= 4 is 5.97 Å². The van der Waals surface area contributed by atoms with E-state index in [1.54, 1.807) is 0 Å². The minimum atomic E-state index is -0.336. The van der Waals surface area contributed by atoms with Gasteiger partial charge in [0, 0.05) is 5.56 Å². The van der Waals surface area contributed by atoms with E-state index >= 15 is 0 Å². The standard InChI is InChI=1S/C13H14O3/c1-10-8-11(9-14)6-7-12(10)4-3-5-13(15)16-2/h6-8,14H,5,9H2,1-2H3. The van der Waals surface area contributed by atoms with Crippen molar-refractivity contribution in [3.8, 4) is 11.8 Å². The lowest BCUT2D eigenvalue weighted by atomic mass is 10.1. The largest absolute Gasteiger partial charge is 0.468 e. The van der Waals surface area contributed by atoms with Crippen LogP contribution in [0.15, 0.2) is 18.2 Å². The molecule has 0 bridgehead atoms. The van der Waals surface area contributed by atoms with Gasteiger partial charge >= 0.3 is 5.97 Å². The van der Waals surface area contributed by atoms with E-state index in [0.29, 0.717) is 0 Å². The zero-order valence-electron chi connectivity index (χ0n) is 9.41. The molecular formula is C13H14O3. The minimum absolute atomic E-state index is 0.0245. The van der Waals surface area contributed by atoms with Crippen LogP contribution in [0, 0.1) is 18.8 Å². The first kappa shape index (κ1) is 12.3. The third kappa shape index (κ3) is 3.41. The topological polar surface area (TPSA) is 46.5 Å². The second-order valence-corrected chi connectivity index (χ2v) is 3.36. The molecule has 16 heavy (non-hydrogen) atoms. The Balaban J connectivity index is 2.77. The molecule has 1 N–H and O–H groups in total. The number of rotatable bonds is 2. The third-order valence-corrected chi connectivity index (χ3v) is 2.16. The molecule has 1 aromatic rings. The highest BCUT2D eigenvalue weighted by atomic mass is 16.5. The Bertz CT molecular complexity index is 438. The fourth-order valence-electron chi connectivity index (χ4n) is 1.25. The maximum atomic E-state index is 10.8. The number of aliphatic hydroxyl groups excluding tert-OH is 1. The van der Waals surface area contributed by atoms with Crippen LogP contribution in [-0.4, -0.2) is 18.2 Å². The summed E-state index contributed by atoms with van der Waals surface area (Å²) in [5.74, 6) is 5.30. The summed E-state index contributed by atoms with van der Waals surface area (Å²) in [4.78, 5) is 10.8. The van der Waals surface area contributed by atoms with E-state index in [2.05, 4.69) is 16.6 Å². The zero-order valence-corrected chi connectivity index (χ0v) is 9.41. The Morgan fingerprint density at radius 1 is 1.50 bits per heavy atom. The van der Waals surface area contributed by atoms with Gasteiger partial charge in [0.1, 0.15) is 6.42 Å². The zero-order chi connectivity index (χ0) is 12.0. The second kappa shape index (κ2) is 5.94. The van der Waals surface area contributed by atoms with Crippen molar-refractivity contribution in [3.63, 3.8) is 0 Å². The molecule has 0 spiro atoms. The van der Waals surface area contributed by atoms with Crippen LogP contribution in [0.2, 0.25) is 0 Å². The summed E-state index contributed by atoms with van der Waals surface area (Å²) in [5.41, 5.74) is 2.71. The molecule has 0 saturated heterocycles. The Hall–Kier alpha value is -1.79. The first-order chi connectivity index (χ1) is 7.67. The highest BCUT2D eigenvalue weighted by Gasteiger charge is 1.97. The van der Waals surface area contributed by atoms with Gasteiger partial charge in [0.2, 0.25) is 0 Å². The molecule has 0 aliphatic carbocycles. The number of carbonyl (C=O) groups is 1. The summed E-state index contributed by atoms with van der Waals surface area (Å²) in [7, 11) is 1.34. The van der Waals surface area contributed by atoms with Crippen LogP contribution >= 0.6 is 0 Å². The van der Waals surface area contributed by atoms with Crippen LogP contribution in [0.1, 0.15) is 23.1 Å². The Kier molecular flexibility index (Phi) is 4.56. The molecule has 0 radical (unpaired) electrons. The van der Waals surface area contributed by atoms with Gasteiger partial charge in [-0.25, -0.2) is 0 Å². The first-order valence-electron chi connectivity index (χ1n) is 4.93. The number of carbonyl (C=O) groups excluding carboxylic acids is 1. The van der Waals surface area contributed by atoms with E-state index in [0.717, 1.165) is 16.7 Å². The number of ether oxygens (including phenoxy) is 1. The summed E-state index contributed by atoms with van der Waals surface area (Å²) in [5, 5.41) is 8.94. The van der Waals surface area contributed by atoms with Crippen molar-refractivity contribution in [1.82, 2.24) is 0 Å². The monoisotopic (exact) mass is 218 g/mol. The van der Waals surface area contributed by atoms with Crippen molar-refractivity contribution in [3.05, 3.63) is 34.9 Å². The number of aryl methyl sites for hydroxylation is 1. The Morgan fingerprint density at radius 3 is 2.81 bits per heavy atom. The maximum absolute atomic E-state index is 10.8. The average molecular weight is 218 g/mol. The molecule has 3 nitrogen and oxygen atoms in total. The van der Waals surface area contributed by atoms with Crippen molar-refractivity contribution < 1.29 is 14.6 Å². The van der Waals surface area contributed by atoms with Gasteiger partial charge in [0.25, 0.3) is 0 Å². The van der Waals surface area contributed by atoms with Crippen molar-refractivity contribution in [1.29, 1.82) is 0 Å². The fraction of sp³-hybridized carbons (Fsp3) is 0.308. The molecular weight excluding hydrogens is 204 g/mol. The van der Waals surface area contributed by atoms with E-state index < -0.39 is 0 Å². The van der Waals surface area contributed by atoms with Gasteiger partial charge in [-0.1, -0.05) is 24.0 Å². The van der Waals surface area contributed by atoms with Crippen molar-refractivity contribution in [2.24, 2.45) is 0 Å². The predicted octanol–water partition coefficient (Wildman–Crippen LogP) is 1.40. The molecule has 1 rings (SSSR count). The number of methoxy groups -OCH3 is 1. The Morgan fingerprint density at radius 2 is 2.25 bits per heavy atom. The van der Waals surface area contributed by atoms with E-state index in [1.807, 2.05) is 25.1 Å².